The predicted octanol–water partition coefficient (Wildman–Crippen LogP) is 5.46. The van der Waals surface area contributed by atoms with E-state index in [9.17, 15) is 13.2 Å². The molecule has 1 atom stereocenters. The van der Waals surface area contributed by atoms with E-state index < -0.39 is 11.2 Å². The molecule has 0 aromatic heterocycles. The zero-order valence-corrected chi connectivity index (χ0v) is 13.7. The highest BCUT2D eigenvalue weighted by atomic mass is 35.5. The van der Waals surface area contributed by atoms with Gasteiger partial charge in [0.2, 0.25) is 0 Å². The third-order valence-corrected chi connectivity index (χ3v) is 3.78. The van der Waals surface area contributed by atoms with Crippen LogP contribution in [-0.2, 0) is 5.00 Å². The van der Waals surface area contributed by atoms with Crippen molar-refractivity contribution in [2.45, 2.75) is 18.1 Å². The fourth-order valence-corrected chi connectivity index (χ4v) is 2.04. The summed E-state index contributed by atoms with van der Waals surface area (Å²) in [5.74, 6) is 0.414. The monoisotopic (exact) mass is 354 g/mol. The Hall–Kier alpha value is -2.30. The van der Waals surface area contributed by atoms with Gasteiger partial charge in [0.25, 0.3) is 5.00 Å². The third kappa shape index (κ3) is 3.96. The largest absolute Gasteiger partial charge is 0.497 e. The number of ether oxygens (including phenoxy) is 1. The molecule has 0 aliphatic rings. The van der Waals surface area contributed by atoms with Crippen LogP contribution in [0.2, 0.25) is 0 Å². The number of methoxy groups -OCH3 is 1. The number of nitrogens with zero attached hydrogens (tertiary/aromatic N) is 2. The van der Waals surface area contributed by atoms with Crippen LogP contribution in [0.15, 0.2) is 58.5 Å². The van der Waals surface area contributed by atoms with Crippen LogP contribution in [0.3, 0.4) is 0 Å². The number of alkyl halides is 4. The molecule has 0 aliphatic carbocycles. The van der Waals surface area contributed by atoms with E-state index >= 15 is 0 Å². The van der Waals surface area contributed by atoms with Crippen molar-refractivity contribution in [3.63, 3.8) is 0 Å². The van der Waals surface area contributed by atoms with Crippen LogP contribution in [0.4, 0.5) is 18.9 Å². The van der Waals surface area contributed by atoms with Crippen LogP contribution in [0.25, 0.3) is 0 Å². The minimum atomic E-state index is -4.82. The molecule has 0 aliphatic heterocycles. The molecule has 0 heterocycles. The number of hydrogen-bond acceptors (Lipinski definition) is 3. The summed E-state index contributed by atoms with van der Waals surface area (Å²) < 4.78 is 45.2. The summed E-state index contributed by atoms with van der Waals surface area (Å²) in [6.07, 6.45) is -4.82. The van der Waals surface area contributed by atoms with E-state index in [4.69, 9.17) is 16.3 Å². The predicted molar refractivity (Wildman–Crippen MR) is 87.3 cm³/mol. The summed E-state index contributed by atoms with van der Waals surface area (Å²) in [6, 6.07) is 14.1. The summed E-state index contributed by atoms with van der Waals surface area (Å²) in [6.45, 7) is 1.89. The molecule has 7 heteroatoms. The van der Waals surface area contributed by atoms with Crippen molar-refractivity contribution in [2.75, 3.05) is 7.11 Å². The molecule has 2 aromatic carbocycles. The topological polar surface area (TPSA) is 34.0 Å². The Morgan fingerprint density at radius 3 is 2.08 bits per heavy atom. The first-order valence-corrected chi connectivity index (χ1v) is 7.28. The van der Waals surface area contributed by atoms with Crippen LogP contribution in [0.5, 0.6) is 5.75 Å². The SMILES string of the molecule is COc1ccc(C(Cl)(N=C=Nc2ccc(C)cc2)C(F)(F)F)cc1. The fourth-order valence-electron chi connectivity index (χ4n) is 1.87. The summed E-state index contributed by atoms with van der Waals surface area (Å²) in [7, 11) is 1.42. The van der Waals surface area contributed by atoms with Gasteiger partial charge in [-0.25, -0.2) is 0 Å². The fraction of sp³-hybridized carbons (Fsp3) is 0.235. The van der Waals surface area contributed by atoms with Crippen molar-refractivity contribution in [1.82, 2.24) is 0 Å². The summed E-state index contributed by atoms with van der Waals surface area (Å²) in [4.78, 5) is 4.17. The molecular formula is C17H14ClF3N2O. The normalized spacial score (nSPS) is 13.6. The van der Waals surface area contributed by atoms with Gasteiger partial charge >= 0.3 is 6.18 Å². The second-order valence-electron chi connectivity index (χ2n) is 5.01. The standard InChI is InChI=1S/C17H14ClF3N2O/c1-12-3-7-14(8-4-12)22-11-23-16(18,17(19,20)21)13-5-9-15(24-2)10-6-13/h3-10H,1-2H3. The van der Waals surface area contributed by atoms with Crippen molar-refractivity contribution in [2.24, 2.45) is 9.98 Å². The highest BCUT2D eigenvalue weighted by molar-refractivity contribution is 6.24. The molecule has 2 rings (SSSR count). The molecule has 0 bridgehead atoms. The van der Waals surface area contributed by atoms with Crippen LogP contribution >= 0.6 is 11.6 Å². The number of aryl methyl sites for hydroxylation is 1. The Balaban J connectivity index is 2.40. The number of halogens is 4. The quantitative estimate of drug-likeness (QED) is 0.407. The Labute approximate surface area is 142 Å². The molecule has 0 saturated carbocycles. The van der Waals surface area contributed by atoms with Crippen molar-refractivity contribution in [3.8, 4) is 5.75 Å². The smallest absolute Gasteiger partial charge is 0.432 e. The molecule has 1 unspecified atom stereocenters. The average Bonchev–Trinajstić information content (AvgIpc) is 2.55. The average molecular weight is 355 g/mol. The Kier molecular flexibility index (Phi) is 5.32. The van der Waals surface area contributed by atoms with Crippen LogP contribution < -0.4 is 4.74 Å². The van der Waals surface area contributed by atoms with E-state index in [1.165, 1.54) is 31.4 Å². The molecular weight excluding hydrogens is 341 g/mol. The lowest BCUT2D eigenvalue weighted by atomic mass is 10.1. The van der Waals surface area contributed by atoms with Gasteiger partial charge in [-0.1, -0.05) is 41.4 Å². The van der Waals surface area contributed by atoms with Crippen molar-refractivity contribution in [3.05, 3.63) is 59.7 Å². The summed E-state index contributed by atoms with van der Waals surface area (Å²) >= 11 is 5.77. The number of benzene rings is 2. The first-order chi connectivity index (χ1) is 11.3. The van der Waals surface area contributed by atoms with Gasteiger partial charge in [0.15, 0.2) is 0 Å². The molecule has 0 spiro atoms. The van der Waals surface area contributed by atoms with E-state index in [0.717, 1.165) is 5.56 Å². The maximum atomic E-state index is 13.4. The van der Waals surface area contributed by atoms with E-state index in [1.807, 2.05) is 6.92 Å². The number of aliphatic imine (C=N–C) groups is 2. The van der Waals surface area contributed by atoms with Gasteiger partial charge in [-0.3, -0.25) is 0 Å². The highest BCUT2D eigenvalue weighted by Crippen LogP contribution is 2.46. The molecule has 0 amide bonds. The maximum Gasteiger partial charge on any atom is 0.432 e. The molecule has 0 N–H and O–H groups in total. The van der Waals surface area contributed by atoms with Crippen LogP contribution in [0.1, 0.15) is 11.1 Å². The lowest BCUT2D eigenvalue weighted by molar-refractivity contribution is -0.162. The van der Waals surface area contributed by atoms with Gasteiger partial charge in [0, 0.05) is 5.56 Å². The second-order valence-corrected chi connectivity index (χ2v) is 5.55. The zero-order valence-electron chi connectivity index (χ0n) is 12.9. The number of rotatable bonds is 4. The van der Waals surface area contributed by atoms with Gasteiger partial charge in [-0.15, -0.1) is 0 Å². The molecule has 0 saturated heterocycles. The minimum absolute atomic E-state index is 0.246. The maximum absolute atomic E-state index is 13.4. The zero-order chi connectivity index (χ0) is 17.8. The van der Waals surface area contributed by atoms with Crippen molar-refractivity contribution >= 4 is 23.3 Å². The molecule has 0 fully saturated rings. The lowest BCUT2D eigenvalue weighted by Gasteiger charge is -2.24. The van der Waals surface area contributed by atoms with Crippen LogP contribution in [0, 0.1) is 6.92 Å². The first kappa shape index (κ1) is 18.0. The van der Waals surface area contributed by atoms with Gasteiger partial charge in [0.05, 0.1) is 18.8 Å². The van der Waals surface area contributed by atoms with Gasteiger partial charge in [0.1, 0.15) is 5.75 Å². The third-order valence-electron chi connectivity index (χ3n) is 3.27. The Bertz CT molecular complexity index is 751. The minimum Gasteiger partial charge on any atom is -0.497 e. The number of hydrogen-bond donors (Lipinski definition) is 0. The molecule has 0 radical (unpaired) electrons. The molecule has 24 heavy (non-hydrogen) atoms. The van der Waals surface area contributed by atoms with Crippen molar-refractivity contribution < 1.29 is 17.9 Å². The van der Waals surface area contributed by atoms with E-state index in [2.05, 4.69) is 16.0 Å². The lowest BCUT2D eigenvalue weighted by Crippen LogP contribution is -2.35. The van der Waals surface area contributed by atoms with Gasteiger partial charge in [-0.2, -0.15) is 23.2 Å². The summed E-state index contributed by atoms with van der Waals surface area (Å²) in [5.41, 5.74) is 1.19. The van der Waals surface area contributed by atoms with Gasteiger partial charge in [-0.05, 0) is 31.2 Å². The molecule has 3 nitrogen and oxygen atoms in total. The van der Waals surface area contributed by atoms with E-state index in [-0.39, 0.29) is 5.56 Å². The highest BCUT2D eigenvalue weighted by Gasteiger charge is 2.55. The van der Waals surface area contributed by atoms with E-state index in [1.54, 1.807) is 24.3 Å². The second kappa shape index (κ2) is 7.07. The molecule has 126 valence electrons. The Morgan fingerprint density at radius 1 is 1.00 bits per heavy atom. The molecule has 2 aromatic rings. The first-order valence-electron chi connectivity index (χ1n) is 6.91. The van der Waals surface area contributed by atoms with E-state index in [0.29, 0.717) is 11.4 Å². The Morgan fingerprint density at radius 2 is 1.58 bits per heavy atom. The van der Waals surface area contributed by atoms with Gasteiger partial charge < -0.3 is 4.74 Å². The summed E-state index contributed by atoms with van der Waals surface area (Å²) in [5, 5.41) is 0. The van der Waals surface area contributed by atoms with Crippen molar-refractivity contribution in [1.29, 1.82) is 0 Å². The van der Waals surface area contributed by atoms with Crippen LogP contribution in [-0.4, -0.2) is 19.3 Å².